The molecule has 1 atom stereocenters. The Bertz CT molecular complexity index is 1600. The van der Waals surface area contributed by atoms with Gasteiger partial charge < -0.3 is 9.63 Å². The maximum Gasteiger partial charge on any atom is 0.168 e. The van der Waals surface area contributed by atoms with E-state index in [0.29, 0.717) is 66.8 Å². The Morgan fingerprint density at radius 3 is 2.55 bits per heavy atom. The smallest absolute Gasteiger partial charge is 0.168 e. The van der Waals surface area contributed by atoms with Crippen LogP contribution in [0.5, 0.6) is 0 Å². The zero-order valence-electron chi connectivity index (χ0n) is 21.0. The standard InChI is InChI=1S/C32H28N2O4/c35-27-12-6-11-25(33-24-14-13-21-9-4-5-10-22(21)17-24)31(27)28(36)16-15-26-32-29(37)18-23(19-30(32)38-34-26)20-7-2-1-3-8-20/h1-5,7-10,13-14,17,23,36H,6,11-12,15-16,18-19H2. The summed E-state index contributed by atoms with van der Waals surface area (Å²) in [5.74, 6) is 0.579. The number of fused-ring (bicyclic) bond motifs is 2. The fourth-order valence-electron chi connectivity index (χ4n) is 5.60. The zero-order chi connectivity index (χ0) is 26.1. The van der Waals surface area contributed by atoms with Crippen LogP contribution in [0.25, 0.3) is 10.8 Å². The van der Waals surface area contributed by atoms with Crippen LogP contribution in [0.1, 0.15) is 65.4 Å². The second-order valence-corrected chi connectivity index (χ2v) is 10.1. The van der Waals surface area contributed by atoms with Gasteiger partial charge in [0.25, 0.3) is 0 Å². The Balaban J connectivity index is 1.24. The molecule has 1 saturated carbocycles. The van der Waals surface area contributed by atoms with E-state index in [0.717, 1.165) is 22.0 Å². The summed E-state index contributed by atoms with van der Waals surface area (Å²) in [4.78, 5) is 30.7. The lowest BCUT2D eigenvalue weighted by molar-refractivity contribution is -0.115. The molecule has 0 amide bonds. The Hall–Kier alpha value is -4.32. The summed E-state index contributed by atoms with van der Waals surface area (Å²) in [7, 11) is 0. The van der Waals surface area contributed by atoms with E-state index in [9.17, 15) is 14.7 Å². The fraction of sp³-hybridized carbons (Fsp3) is 0.250. The highest BCUT2D eigenvalue weighted by Gasteiger charge is 2.33. The van der Waals surface area contributed by atoms with Crippen molar-refractivity contribution in [2.45, 2.75) is 50.9 Å². The molecule has 1 aromatic heterocycles. The predicted molar refractivity (Wildman–Crippen MR) is 146 cm³/mol. The lowest BCUT2D eigenvalue weighted by atomic mass is 9.81. The third-order valence-corrected chi connectivity index (χ3v) is 7.52. The minimum Gasteiger partial charge on any atom is -0.511 e. The van der Waals surface area contributed by atoms with Gasteiger partial charge in [0.15, 0.2) is 11.6 Å². The number of aliphatic imine (C=N–C) groups is 1. The van der Waals surface area contributed by atoms with Crippen LogP contribution in [0.3, 0.4) is 0 Å². The summed E-state index contributed by atoms with van der Waals surface area (Å²) in [6, 6.07) is 23.9. The number of nitrogens with zero attached hydrogens (tertiary/aromatic N) is 2. The minimum atomic E-state index is -0.0998. The van der Waals surface area contributed by atoms with Gasteiger partial charge in [-0.05, 0) is 47.2 Å². The molecular weight excluding hydrogens is 476 g/mol. The topological polar surface area (TPSA) is 92.8 Å². The second-order valence-electron chi connectivity index (χ2n) is 10.1. The lowest BCUT2D eigenvalue weighted by Crippen LogP contribution is -2.21. The quantitative estimate of drug-likeness (QED) is 0.233. The van der Waals surface area contributed by atoms with Crippen LogP contribution >= 0.6 is 0 Å². The number of aromatic nitrogens is 1. The molecule has 0 aliphatic heterocycles. The van der Waals surface area contributed by atoms with Crippen LogP contribution in [0.2, 0.25) is 0 Å². The number of ketones is 2. The molecule has 2 aliphatic carbocycles. The molecule has 1 N–H and O–H groups in total. The van der Waals surface area contributed by atoms with E-state index < -0.39 is 0 Å². The molecule has 6 heteroatoms. The molecule has 0 saturated heterocycles. The number of benzene rings is 3. The van der Waals surface area contributed by atoms with E-state index in [1.54, 1.807) is 0 Å². The first kappa shape index (κ1) is 24.0. The van der Waals surface area contributed by atoms with Gasteiger partial charge in [-0.3, -0.25) is 14.6 Å². The van der Waals surface area contributed by atoms with E-state index in [4.69, 9.17) is 9.52 Å². The van der Waals surface area contributed by atoms with Gasteiger partial charge in [0, 0.05) is 32.1 Å². The van der Waals surface area contributed by atoms with Gasteiger partial charge in [-0.15, -0.1) is 0 Å². The summed E-state index contributed by atoms with van der Waals surface area (Å²) < 4.78 is 5.58. The van der Waals surface area contributed by atoms with Crippen LogP contribution < -0.4 is 0 Å². The average Bonchev–Trinajstić information content (AvgIpc) is 3.36. The van der Waals surface area contributed by atoms with Crippen molar-refractivity contribution in [3.8, 4) is 0 Å². The van der Waals surface area contributed by atoms with Crippen molar-refractivity contribution < 1.29 is 19.2 Å². The molecule has 190 valence electrons. The number of hydrogen-bond donors (Lipinski definition) is 1. The third-order valence-electron chi connectivity index (χ3n) is 7.52. The van der Waals surface area contributed by atoms with Gasteiger partial charge in [-0.1, -0.05) is 65.8 Å². The Labute approximate surface area is 220 Å². The normalized spacial score (nSPS) is 20.1. The molecule has 38 heavy (non-hydrogen) atoms. The maximum atomic E-state index is 13.1. The van der Waals surface area contributed by atoms with Crippen molar-refractivity contribution in [3.05, 3.63) is 107 Å². The van der Waals surface area contributed by atoms with Crippen molar-refractivity contribution in [2.75, 3.05) is 0 Å². The van der Waals surface area contributed by atoms with Gasteiger partial charge in [0.2, 0.25) is 0 Å². The maximum absolute atomic E-state index is 13.1. The van der Waals surface area contributed by atoms with Crippen LogP contribution in [-0.4, -0.2) is 27.5 Å². The minimum absolute atomic E-state index is 0.00332. The van der Waals surface area contributed by atoms with E-state index in [2.05, 4.69) is 5.16 Å². The van der Waals surface area contributed by atoms with E-state index >= 15 is 0 Å². The number of rotatable bonds is 5. The predicted octanol–water partition coefficient (Wildman–Crippen LogP) is 7.01. The molecule has 0 bridgehead atoms. The largest absolute Gasteiger partial charge is 0.511 e. The number of Topliss-reactive ketones (excluding diaryl/α,β-unsaturated/α-hetero) is 2. The first-order valence-electron chi connectivity index (χ1n) is 13.1. The van der Waals surface area contributed by atoms with Gasteiger partial charge in [0.05, 0.1) is 28.2 Å². The third kappa shape index (κ3) is 4.70. The highest BCUT2D eigenvalue weighted by Crippen LogP contribution is 2.35. The molecule has 1 unspecified atom stereocenters. The average molecular weight is 505 g/mol. The van der Waals surface area contributed by atoms with Crippen molar-refractivity contribution in [2.24, 2.45) is 4.99 Å². The number of carbonyl (C=O) groups is 2. The summed E-state index contributed by atoms with van der Waals surface area (Å²) in [5.41, 5.74) is 3.86. The SMILES string of the molecule is O=C1CCCC(=Nc2ccc3ccccc3c2)C1=C(O)CCc1noc2c1C(=O)CC(c1ccccc1)C2. The van der Waals surface area contributed by atoms with Crippen LogP contribution in [-0.2, 0) is 17.6 Å². The van der Waals surface area contributed by atoms with Gasteiger partial charge in [0.1, 0.15) is 11.5 Å². The number of hydrogen-bond acceptors (Lipinski definition) is 6. The Morgan fingerprint density at radius 1 is 0.921 bits per heavy atom. The van der Waals surface area contributed by atoms with Crippen molar-refractivity contribution in [3.63, 3.8) is 0 Å². The molecule has 2 aliphatic rings. The van der Waals surface area contributed by atoms with Gasteiger partial charge in [-0.25, -0.2) is 0 Å². The molecule has 4 aromatic rings. The lowest BCUT2D eigenvalue weighted by Gasteiger charge is -2.20. The molecule has 6 rings (SSSR count). The Morgan fingerprint density at radius 2 is 1.71 bits per heavy atom. The first-order valence-corrected chi connectivity index (χ1v) is 13.1. The molecule has 1 heterocycles. The van der Waals surface area contributed by atoms with Crippen LogP contribution in [0, 0.1) is 0 Å². The van der Waals surface area contributed by atoms with Crippen molar-refractivity contribution in [1.29, 1.82) is 0 Å². The van der Waals surface area contributed by atoms with Gasteiger partial charge >= 0.3 is 0 Å². The highest BCUT2D eigenvalue weighted by atomic mass is 16.5. The molecule has 0 radical (unpaired) electrons. The molecular formula is C32H28N2O4. The van der Waals surface area contributed by atoms with Crippen molar-refractivity contribution in [1.82, 2.24) is 5.16 Å². The molecule has 1 fully saturated rings. The number of aliphatic hydroxyl groups is 1. The molecule has 3 aromatic carbocycles. The number of allylic oxidation sites excluding steroid dienone is 2. The van der Waals surface area contributed by atoms with E-state index in [-0.39, 0.29) is 29.7 Å². The summed E-state index contributed by atoms with van der Waals surface area (Å²) >= 11 is 0. The fourth-order valence-corrected chi connectivity index (χ4v) is 5.60. The van der Waals surface area contributed by atoms with E-state index in [1.165, 1.54) is 0 Å². The molecule has 0 spiro atoms. The number of carbonyl (C=O) groups excluding carboxylic acids is 2. The second kappa shape index (κ2) is 10.2. The number of aryl methyl sites for hydroxylation is 1. The monoisotopic (exact) mass is 504 g/mol. The zero-order valence-corrected chi connectivity index (χ0v) is 21.0. The Kier molecular flexibility index (Phi) is 6.46. The summed E-state index contributed by atoms with van der Waals surface area (Å²) in [6.07, 6.45) is 3.23. The number of aliphatic hydroxyl groups excluding tert-OH is 1. The van der Waals surface area contributed by atoms with Crippen molar-refractivity contribution >= 4 is 33.7 Å². The van der Waals surface area contributed by atoms with Crippen LogP contribution in [0.15, 0.2) is 93.6 Å². The summed E-state index contributed by atoms with van der Waals surface area (Å²) in [5, 5.41) is 17.4. The summed E-state index contributed by atoms with van der Waals surface area (Å²) in [6.45, 7) is 0. The molecule has 6 nitrogen and oxygen atoms in total. The highest BCUT2D eigenvalue weighted by molar-refractivity contribution is 6.24. The van der Waals surface area contributed by atoms with Gasteiger partial charge in [-0.2, -0.15) is 0 Å². The van der Waals surface area contributed by atoms with Crippen LogP contribution in [0.4, 0.5) is 5.69 Å². The first-order chi connectivity index (χ1) is 18.6. The van der Waals surface area contributed by atoms with E-state index in [1.807, 2.05) is 72.8 Å².